The van der Waals surface area contributed by atoms with Crippen LogP contribution in [0.25, 0.3) is 21.9 Å². The lowest BCUT2D eigenvalue weighted by molar-refractivity contribution is -0.116. The molecule has 13 heteroatoms. The number of phosphoric ester groups is 1. The number of nitrogens with one attached hydrogen (secondary N) is 1. The first-order valence-electron chi connectivity index (χ1n) is 13.2. The Bertz CT molecular complexity index is 1610. The van der Waals surface area contributed by atoms with Gasteiger partial charge in [-0.25, -0.2) is 14.5 Å². The van der Waals surface area contributed by atoms with E-state index in [1.807, 2.05) is 22.8 Å². The van der Waals surface area contributed by atoms with Gasteiger partial charge in [0.15, 0.2) is 5.82 Å². The first-order chi connectivity index (χ1) is 19.6. The van der Waals surface area contributed by atoms with Crippen molar-refractivity contribution in [3.8, 4) is 11.5 Å². The molecule has 0 unspecified atom stereocenters. The maximum absolute atomic E-state index is 11.6. The summed E-state index contributed by atoms with van der Waals surface area (Å²) >= 11 is 0. The molecule has 2 heterocycles. The highest BCUT2D eigenvalue weighted by Crippen LogP contribution is 2.41. The van der Waals surface area contributed by atoms with Crippen molar-refractivity contribution in [3.05, 3.63) is 66.0 Å². The number of carbonyl (C=O) groups is 1. The maximum Gasteiger partial charge on any atom is 0.524 e. The van der Waals surface area contributed by atoms with Crippen LogP contribution in [0.3, 0.4) is 0 Å². The topological polar surface area (TPSA) is 182 Å². The van der Waals surface area contributed by atoms with Gasteiger partial charge in [0.25, 0.3) is 0 Å². The van der Waals surface area contributed by atoms with Gasteiger partial charge in [-0.3, -0.25) is 14.6 Å². The molecule has 0 saturated carbocycles. The summed E-state index contributed by atoms with van der Waals surface area (Å²) in [5.74, 6) is 0.632. The molecule has 4 rings (SSSR count). The van der Waals surface area contributed by atoms with E-state index in [1.165, 1.54) is 24.3 Å². The molecule has 0 bridgehead atoms. The number of nitrogens with zero attached hydrogens (tertiary/aromatic N) is 3. The van der Waals surface area contributed by atoms with E-state index in [0.717, 1.165) is 35.1 Å². The van der Waals surface area contributed by atoms with E-state index in [1.54, 1.807) is 0 Å². The second-order valence-electron chi connectivity index (χ2n) is 9.49. The zero-order valence-corrected chi connectivity index (χ0v) is 23.6. The summed E-state index contributed by atoms with van der Waals surface area (Å²) in [6, 6.07) is 9.90. The average molecular weight is 584 g/mol. The maximum atomic E-state index is 11.6. The molecule has 1 amide bonds. The van der Waals surface area contributed by atoms with Gasteiger partial charge < -0.3 is 30.0 Å². The smallest absolute Gasteiger partial charge is 0.508 e. The quantitative estimate of drug-likeness (QED) is 0.0835. The summed E-state index contributed by atoms with van der Waals surface area (Å²) in [5, 5.41) is 13.6. The van der Waals surface area contributed by atoms with E-state index < -0.39 is 7.82 Å². The van der Waals surface area contributed by atoms with Crippen molar-refractivity contribution < 1.29 is 33.5 Å². The van der Waals surface area contributed by atoms with Gasteiger partial charge in [0.2, 0.25) is 5.91 Å². The number of aromatic nitrogens is 3. The lowest BCUT2D eigenvalue weighted by atomic mass is 10.1. The molecule has 0 spiro atoms. The number of hydrogen-bond acceptors (Lipinski definition) is 8. The van der Waals surface area contributed by atoms with Crippen LogP contribution in [-0.2, 0) is 33.5 Å². The van der Waals surface area contributed by atoms with Gasteiger partial charge in [0.1, 0.15) is 22.8 Å². The Balaban J connectivity index is 1.69. The second kappa shape index (κ2) is 13.1. The van der Waals surface area contributed by atoms with E-state index in [9.17, 15) is 24.3 Å². The Kier molecular flexibility index (Phi) is 9.61. The van der Waals surface area contributed by atoms with Crippen molar-refractivity contribution in [2.75, 3.05) is 25.5 Å². The molecular formula is C28H34N5O7P. The summed E-state index contributed by atoms with van der Waals surface area (Å²) in [6.45, 7) is 6.82. The highest BCUT2D eigenvalue weighted by atomic mass is 31.2. The van der Waals surface area contributed by atoms with Gasteiger partial charge in [0.05, 0.1) is 30.8 Å². The molecule has 0 radical (unpaired) electrons. The normalized spacial score (nSPS) is 11.7. The molecule has 0 atom stereocenters. The van der Waals surface area contributed by atoms with Crippen LogP contribution in [0, 0.1) is 0 Å². The number of phenolic OH excluding ortho intramolecular Hbond substituents is 1. The molecule has 0 aliphatic rings. The zero-order valence-electron chi connectivity index (χ0n) is 22.7. The predicted molar refractivity (Wildman–Crippen MR) is 156 cm³/mol. The number of phenols is 1. The zero-order chi connectivity index (χ0) is 29.6. The number of unbranched alkanes of at least 4 members (excludes halogenated alkanes) is 1. The molecule has 4 aromatic rings. The predicted octanol–water partition coefficient (Wildman–Crippen LogP) is 3.60. The van der Waals surface area contributed by atoms with Gasteiger partial charge in [-0.15, -0.1) is 0 Å². The van der Waals surface area contributed by atoms with E-state index >= 15 is 0 Å². The number of imidazole rings is 1. The van der Waals surface area contributed by atoms with Gasteiger partial charge in [-0.05, 0) is 48.7 Å². The Labute approximate surface area is 237 Å². The summed E-state index contributed by atoms with van der Waals surface area (Å²) in [6.07, 6.45) is 4.27. The third kappa shape index (κ3) is 7.62. The highest BCUT2D eigenvalue weighted by Gasteiger charge is 2.22. The van der Waals surface area contributed by atoms with Crippen molar-refractivity contribution in [1.29, 1.82) is 0 Å². The number of carbonyl (C=O) groups excluding carboxylic acids is 1. The van der Waals surface area contributed by atoms with Crippen molar-refractivity contribution in [2.24, 2.45) is 0 Å². The van der Waals surface area contributed by atoms with Gasteiger partial charge >= 0.3 is 7.82 Å². The number of aryl methyl sites for hydroxylation is 1. The second-order valence-corrected chi connectivity index (χ2v) is 10.7. The number of amides is 1. The summed E-state index contributed by atoms with van der Waals surface area (Å²) in [4.78, 5) is 39.5. The number of nitrogens with two attached hydrogens (primary N) is 1. The number of hydrogen-bond donors (Lipinski definition) is 5. The van der Waals surface area contributed by atoms with Crippen LogP contribution >= 0.6 is 7.82 Å². The van der Waals surface area contributed by atoms with Crippen LogP contribution in [-0.4, -0.2) is 55.1 Å². The molecular weight excluding hydrogens is 549 g/mol. The Hall–Kier alpha value is -3.96. The molecule has 0 aliphatic heterocycles. The summed E-state index contributed by atoms with van der Waals surface area (Å²) in [5.41, 5.74) is 9.66. The monoisotopic (exact) mass is 583 g/mol. The SMILES string of the molecule is C=CC(=O)NCCOCCc1ccc2c(c1)nc(N)c1nc(CCCC)n(Cc3cc(O)ccc3OP(=O)(O)O)c12. The number of benzene rings is 2. The van der Waals surface area contributed by atoms with E-state index in [2.05, 4.69) is 23.8 Å². The van der Waals surface area contributed by atoms with Gasteiger partial charge in [-0.2, -0.15) is 0 Å². The van der Waals surface area contributed by atoms with Crippen molar-refractivity contribution in [1.82, 2.24) is 19.9 Å². The Morgan fingerprint density at radius 3 is 2.71 bits per heavy atom. The minimum absolute atomic E-state index is 0.0443. The molecule has 2 aromatic carbocycles. The number of rotatable bonds is 14. The van der Waals surface area contributed by atoms with Gasteiger partial charge in [-0.1, -0.05) is 32.1 Å². The number of ether oxygens (including phenoxy) is 1. The number of pyridine rings is 1. The fourth-order valence-electron chi connectivity index (χ4n) is 4.54. The fourth-order valence-corrected chi connectivity index (χ4v) is 4.98. The molecule has 0 fully saturated rings. The summed E-state index contributed by atoms with van der Waals surface area (Å²) < 4.78 is 24.1. The van der Waals surface area contributed by atoms with Crippen LogP contribution in [0.5, 0.6) is 11.5 Å². The van der Waals surface area contributed by atoms with Gasteiger partial charge in [0, 0.05) is 23.9 Å². The third-order valence-corrected chi connectivity index (χ3v) is 6.89. The lowest BCUT2D eigenvalue weighted by Gasteiger charge is -2.16. The molecule has 0 saturated heterocycles. The number of anilines is 1. The molecule has 0 aliphatic carbocycles. The van der Waals surface area contributed by atoms with Crippen molar-refractivity contribution in [2.45, 2.75) is 39.2 Å². The summed E-state index contributed by atoms with van der Waals surface area (Å²) in [7, 11) is -4.84. The third-order valence-electron chi connectivity index (χ3n) is 6.46. The van der Waals surface area contributed by atoms with Crippen LogP contribution in [0.4, 0.5) is 5.82 Å². The molecule has 218 valence electrons. The van der Waals surface area contributed by atoms with E-state index in [0.29, 0.717) is 49.2 Å². The van der Waals surface area contributed by atoms with Crippen LogP contribution in [0.1, 0.15) is 36.7 Å². The molecule has 6 N–H and O–H groups in total. The van der Waals surface area contributed by atoms with Crippen LogP contribution in [0.2, 0.25) is 0 Å². The molecule has 41 heavy (non-hydrogen) atoms. The molecule has 12 nitrogen and oxygen atoms in total. The number of fused-ring (bicyclic) bond motifs is 3. The highest BCUT2D eigenvalue weighted by molar-refractivity contribution is 7.46. The number of aromatic hydroxyl groups is 1. The Morgan fingerprint density at radius 2 is 1.98 bits per heavy atom. The lowest BCUT2D eigenvalue weighted by Crippen LogP contribution is -2.25. The first kappa shape index (κ1) is 30.0. The van der Waals surface area contributed by atoms with Crippen LogP contribution < -0.4 is 15.6 Å². The van der Waals surface area contributed by atoms with E-state index in [-0.39, 0.29) is 29.8 Å². The van der Waals surface area contributed by atoms with E-state index in [4.69, 9.17) is 20.0 Å². The van der Waals surface area contributed by atoms with Crippen molar-refractivity contribution >= 4 is 41.5 Å². The first-order valence-corrected chi connectivity index (χ1v) is 14.7. The minimum atomic E-state index is -4.84. The Morgan fingerprint density at radius 1 is 1.17 bits per heavy atom. The molecule has 2 aromatic heterocycles. The average Bonchev–Trinajstić information content (AvgIpc) is 3.28. The minimum Gasteiger partial charge on any atom is -0.508 e. The van der Waals surface area contributed by atoms with Crippen LogP contribution in [0.15, 0.2) is 49.1 Å². The number of phosphoric acid groups is 1. The largest absolute Gasteiger partial charge is 0.524 e. The number of nitrogen functional groups attached to an aromatic ring is 1. The standard InChI is InChI=1S/C28H34N5O7P/c1-3-5-6-24-32-26-27(33(24)17-19-16-20(34)8-10-23(19)40-41(36,37)38)21-9-7-18(15-22(21)31-28(26)29)11-13-39-14-12-30-25(35)4-2/h4,7-10,15-16,34H,2-3,5-6,11-14,17H2,1H3,(H2,29,31)(H,30,35)(H2,36,37,38). The fraction of sp³-hybridized carbons (Fsp3) is 0.321. The van der Waals surface area contributed by atoms with Crippen molar-refractivity contribution in [3.63, 3.8) is 0 Å².